The highest BCUT2D eigenvalue weighted by atomic mass is 32.2. The summed E-state index contributed by atoms with van der Waals surface area (Å²) in [5, 5.41) is 26.2. The minimum atomic E-state index is -1.25. The van der Waals surface area contributed by atoms with Crippen molar-refractivity contribution >= 4 is 52.7 Å². The quantitative estimate of drug-likeness (QED) is 0.0785. The van der Waals surface area contributed by atoms with Crippen LogP contribution >= 0.6 is 12.1 Å². The number of aryl methyl sites for hydroxylation is 2. The number of nitrogens with zero attached hydrogens (tertiary/aromatic N) is 6. The number of aromatic amines is 1. The van der Waals surface area contributed by atoms with Gasteiger partial charge in [0.05, 0.1) is 24.1 Å². The molecule has 1 atom stereocenters. The van der Waals surface area contributed by atoms with Crippen LogP contribution in [0.2, 0.25) is 0 Å². The number of carboxylic acid groups (broad SMARTS) is 1. The van der Waals surface area contributed by atoms with E-state index in [9.17, 15) is 28.2 Å². The van der Waals surface area contributed by atoms with E-state index in [1.165, 1.54) is 18.3 Å². The Bertz CT molecular complexity index is 1720. The van der Waals surface area contributed by atoms with Crippen LogP contribution in [0.5, 0.6) is 0 Å². The van der Waals surface area contributed by atoms with Gasteiger partial charge in [0.2, 0.25) is 11.9 Å². The molecule has 16 nitrogen and oxygen atoms in total. The second-order valence-electron chi connectivity index (χ2n) is 10.6. The summed E-state index contributed by atoms with van der Waals surface area (Å²) in [5.74, 6) is -1.72. The second-order valence-corrected chi connectivity index (χ2v) is 11.2. The third-order valence-corrected chi connectivity index (χ3v) is 7.44. The fourth-order valence-electron chi connectivity index (χ4n) is 4.50. The Morgan fingerprint density at radius 2 is 1.89 bits per heavy atom. The van der Waals surface area contributed by atoms with Crippen LogP contribution in [0, 0.1) is 0 Å². The molecule has 3 heterocycles. The number of hydrogen-bond donors (Lipinski definition) is 6. The minimum Gasteiger partial charge on any atom is -0.480 e. The summed E-state index contributed by atoms with van der Waals surface area (Å²) in [5.41, 5.74) is 7.44. The third-order valence-electron chi connectivity index (χ3n) is 7.00. The number of carbonyl (C=O) groups is 3. The number of unbranched alkanes of at least 4 members (excludes halogenated alkanes) is 2. The average molecular weight is 670 g/mol. The normalized spacial score (nSPS) is 11.7. The van der Waals surface area contributed by atoms with Gasteiger partial charge < -0.3 is 26.8 Å². The van der Waals surface area contributed by atoms with E-state index in [2.05, 4.69) is 46.2 Å². The number of halogens is 1. The average Bonchev–Trinajstić information content (AvgIpc) is 3.51. The molecule has 0 radical (unpaired) electrons. The van der Waals surface area contributed by atoms with Crippen molar-refractivity contribution in [3.8, 4) is 0 Å². The van der Waals surface area contributed by atoms with Gasteiger partial charge in [0.15, 0.2) is 11.2 Å². The van der Waals surface area contributed by atoms with Gasteiger partial charge in [0, 0.05) is 54.9 Å². The molecule has 2 amide bonds. The van der Waals surface area contributed by atoms with Crippen molar-refractivity contribution in [1.29, 1.82) is 0 Å². The summed E-state index contributed by atoms with van der Waals surface area (Å²) in [7, 11) is 0. The molecule has 0 aliphatic carbocycles. The highest BCUT2D eigenvalue weighted by Gasteiger charge is 2.22. The first-order valence-electron chi connectivity index (χ1n) is 15.0. The first-order chi connectivity index (χ1) is 22.7. The molecule has 7 N–H and O–H groups in total. The molecule has 0 aliphatic rings. The van der Waals surface area contributed by atoms with Crippen molar-refractivity contribution in [1.82, 2.24) is 45.6 Å². The molecule has 0 fully saturated rings. The summed E-state index contributed by atoms with van der Waals surface area (Å²) in [6.45, 7) is 1.29. The highest BCUT2D eigenvalue weighted by molar-refractivity contribution is 7.94. The van der Waals surface area contributed by atoms with E-state index in [-0.39, 0.29) is 48.0 Å². The summed E-state index contributed by atoms with van der Waals surface area (Å²) < 4.78 is 13.8. The van der Waals surface area contributed by atoms with Crippen molar-refractivity contribution < 1.29 is 23.4 Å². The Morgan fingerprint density at radius 1 is 1.09 bits per heavy atom. The molecule has 1 aromatic carbocycles. The number of nitrogens with two attached hydrogens (primary N) is 1. The van der Waals surface area contributed by atoms with Crippen LogP contribution < -0.4 is 27.2 Å². The Labute approximate surface area is 272 Å². The smallest absolute Gasteiger partial charge is 0.326 e. The maximum atomic E-state index is 12.7. The molecule has 47 heavy (non-hydrogen) atoms. The maximum absolute atomic E-state index is 12.7. The van der Waals surface area contributed by atoms with Crippen molar-refractivity contribution in [3.05, 3.63) is 64.0 Å². The van der Waals surface area contributed by atoms with Crippen LogP contribution in [0.4, 0.5) is 15.5 Å². The molecule has 0 aliphatic heterocycles. The van der Waals surface area contributed by atoms with Gasteiger partial charge >= 0.3 is 5.97 Å². The molecule has 4 aromatic rings. The van der Waals surface area contributed by atoms with Crippen LogP contribution in [-0.4, -0.2) is 76.2 Å². The number of H-pyrrole nitrogens is 1. The fraction of sp³-hybridized carbons (Fsp3) is 0.414. The number of rotatable bonds is 19. The summed E-state index contributed by atoms with van der Waals surface area (Å²) in [4.78, 5) is 63.5. The molecule has 4 rings (SSSR count). The molecule has 1 unspecified atom stereocenters. The van der Waals surface area contributed by atoms with Crippen molar-refractivity contribution in [3.63, 3.8) is 0 Å². The molecule has 0 bridgehead atoms. The number of anilines is 2. The van der Waals surface area contributed by atoms with Gasteiger partial charge in [0.25, 0.3) is 11.5 Å². The number of fused-ring (bicyclic) bond motifs is 1. The zero-order valence-corrected chi connectivity index (χ0v) is 26.3. The van der Waals surface area contributed by atoms with Gasteiger partial charge in [-0.2, -0.15) is 8.87 Å². The number of amides is 2. The van der Waals surface area contributed by atoms with Gasteiger partial charge in [-0.1, -0.05) is 5.21 Å². The number of carboxylic acids is 1. The molecule has 0 spiro atoms. The molecule has 0 saturated heterocycles. The molecule has 0 saturated carbocycles. The Balaban J connectivity index is 1.15. The number of aliphatic carboxylic acids is 1. The van der Waals surface area contributed by atoms with Crippen LogP contribution in [-0.2, 0) is 29.1 Å². The van der Waals surface area contributed by atoms with Gasteiger partial charge in [-0.3, -0.25) is 24.0 Å². The highest BCUT2D eigenvalue weighted by Crippen LogP contribution is 2.13. The molecule has 250 valence electrons. The summed E-state index contributed by atoms with van der Waals surface area (Å²) >= 11 is 0.340. The Kier molecular flexibility index (Phi) is 13.0. The predicted octanol–water partition coefficient (Wildman–Crippen LogP) is 2.00. The zero-order chi connectivity index (χ0) is 33.6. The van der Waals surface area contributed by atoms with E-state index in [4.69, 9.17) is 5.73 Å². The lowest BCUT2D eigenvalue weighted by Gasteiger charge is -2.15. The van der Waals surface area contributed by atoms with Crippen LogP contribution in [0.3, 0.4) is 0 Å². The van der Waals surface area contributed by atoms with E-state index in [1.54, 1.807) is 16.8 Å². The topological polar surface area (TPSA) is 236 Å². The lowest BCUT2D eigenvalue weighted by Crippen LogP contribution is -2.41. The van der Waals surface area contributed by atoms with E-state index < -0.39 is 23.5 Å². The second kappa shape index (κ2) is 17.5. The van der Waals surface area contributed by atoms with Gasteiger partial charge in [-0.25, -0.2) is 14.8 Å². The third kappa shape index (κ3) is 11.0. The van der Waals surface area contributed by atoms with E-state index in [0.717, 1.165) is 31.4 Å². The lowest BCUT2D eigenvalue weighted by molar-refractivity contribution is -0.139. The Hall–Kier alpha value is -5.13. The molecule has 3 aromatic heterocycles. The van der Waals surface area contributed by atoms with Gasteiger partial charge in [-0.05, 0) is 62.8 Å². The van der Waals surface area contributed by atoms with Crippen molar-refractivity contribution in [2.45, 2.75) is 64.1 Å². The summed E-state index contributed by atoms with van der Waals surface area (Å²) in [6, 6.07) is 5.09. The number of nitrogen functional groups attached to an aromatic ring is 1. The van der Waals surface area contributed by atoms with Crippen LogP contribution in [0.15, 0.2) is 41.5 Å². The van der Waals surface area contributed by atoms with E-state index in [1.807, 2.05) is 6.20 Å². The first kappa shape index (κ1) is 34.7. The number of benzene rings is 1. The molecule has 18 heteroatoms. The van der Waals surface area contributed by atoms with Gasteiger partial charge in [0.1, 0.15) is 6.04 Å². The van der Waals surface area contributed by atoms with Crippen molar-refractivity contribution in [2.75, 3.05) is 23.3 Å². The lowest BCUT2D eigenvalue weighted by atomic mass is 10.1. The number of hydrogen-bond acceptors (Lipinski definition) is 12. The van der Waals surface area contributed by atoms with E-state index >= 15 is 0 Å². The van der Waals surface area contributed by atoms with E-state index in [0.29, 0.717) is 48.8 Å². The zero-order valence-electron chi connectivity index (χ0n) is 25.4. The van der Waals surface area contributed by atoms with Crippen LogP contribution in [0.1, 0.15) is 60.3 Å². The van der Waals surface area contributed by atoms with Gasteiger partial charge in [-0.15, -0.1) is 5.10 Å². The molecular formula is C29H36FN11O5S. The van der Waals surface area contributed by atoms with Crippen molar-refractivity contribution in [2.24, 2.45) is 0 Å². The Morgan fingerprint density at radius 3 is 2.66 bits per heavy atom. The fourth-order valence-corrected chi connectivity index (χ4v) is 4.82. The monoisotopic (exact) mass is 669 g/mol. The summed E-state index contributed by atoms with van der Waals surface area (Å²) in [6.07, 6.45) is 7.04. The molecular weight excluding hydrogens is 633 g/mol. The number of nitrogens with one attached hydrogen (secondary N) is 4. The number of carbonyl (C=O) groups excluding carboxylic acids is 2. The maximum Gasteiger partial charge on any atom is 0.326 e. The first-order valence-corrected chi connectivity index (χ1v) is 15.9. The largest absolute Gasteiger partial charge is 0.480 e. The standard InChI is InChI=1S/C29H36FN11O5S/c30-47-14-4-1-5-20-17-41(40-39-20)13-3-2-12-32-23(42)11-10-22(28(45)46)36-26(43)18-6-8-19(9-7-18)33-15-21-16-34-25-24(35-21)27(44)38-29(31)37-25/h6-9,16-17,22,33H,1-5,10-15H2,(H,32,42)(H,36,43)(H,45,46)(H3,31,34,37,38,44). The minimum absolute atomic E-state index is 0.0520. The van der Waals surface area contributed by atoms with Crippen LogP contribution in [0.25, 0.3) is 11.2 Å². The SMILES string of the molecule is Nc1nc2ncc(CNc3ccc(C(=O)NC(CCC(=O)NCCCCn4cc(CCCCSF)nn4)C(=O)O)cc3)nc2c(=O)[nH]1. The number of aromatic nitrogens is 7. The predicted molar refractivity (Wildman–Crippen MR) is 173 cm³/mol.